The third-order valence-electron chi connectivity index (χ3n) is 4.26. The molecule has 27 heavy (non-hydrogen) atoms. The minimum absolute atomic E-state index is 0.178. The Kier molecular flexibility index (Phi) is 5.00. The van der Waals surface area contributed by atoms with E-state index >= 15 is 0 Å². The number of pyridine rings is 2. The lowest BCUT2D eigenvalue weighted by atomic mass is 10.4. The molecule has 0 bridgehead atoms. The summed E-state index contributed by atoms with van der Waals surface area (Å²) < 4.78 is 33.7. The molecule has 0 aliphatic carbocycles. The summed E-state index contributed by atoms with van der Waals surface area (Å²) in [6, 6.07) is 6.84. The Bertz CT molecular complexity index is 1050. The number of hydrogen-bond acceptors (Lipinski definition) is 6. The average molecular weight is 408 g/mol. The molecule has 4 rings (SSSR count). The SMILES string of the molecule is O=S(=O)(c1ccc(NCc2cn3cc(Cl)ccc3n2)nc1)N1CCOCC1. The van der Waals surface area contributed by atoms with E-state index in [0.29, 0.717) is 43.7 Å². The summed E-state index contributed by atoms with van der Waals surface area (Å²) in [6.07, 6.45) is 5.04. The Hall–Kier alpha value is -2.20. The van der Waals surface area contributed by atoms with Gasteiger partial charge in [0, 0.05) is 31.7 Å². The van der Waals surface area contributed by atoms with Gasteiger partial charge >= 0.3 is 0 Å². The fourth-order valence-electron chi connectivity index (χ4n) is 2.86. The van der Waals surface area contributed by atoms with Crippen LogP contribution in [0.5, 0.6) is 0 Å². The number of morpholine rings is 1. The summed E-state index contributed by atoms with van der Waals surface area (Å²) in [7, 11) is -3.53. The van der Waals surface area contributed by atoms with Crippen molar-refractivity contribution in [3.8, 4) is 0 Å². The van der Waals surface area contributed by atoms with Gasteiger partial charge in [-0.25, -0.2) is 18.4 Å². The van der Waals surface area contributed by atoms with E-state index in [9.17, 15) is 8.42 Å². The zero-order valence-corrected chi connectivity index (χ0v) is 15.9. The molecule has 4 heterocycles. The van der Waals surface area contributed by atoms with Gasteiger partial charge in [0.2, 0.25) is 10.0 Å². The van der Waals surface area contributed by atoms with Gasteiger partial charge in [-0.3, -0.25) is 0 Å². The average Bonchev–Trinajstić information content (AvgIpc) is 3.09. The van der Waals surface area contributed by atoms with Gasteiger partial charge in [-0.1, -0.05) is 11.6 Å². The van der Waals surface area contributed by atoms with Crippen LogP contribution in [0, 0.1) is 0 Å². The predicted octanol–water partition coefficient (Wildman–Crippen LogP) is 2.02. The zero-order valence-electron chi connectivity index (χ0n) is 14.4. The van der Waals surface area contributed by atoms with Gasteiger partial charge in [-0.15, -0.1) is 0 Å². The maximum atomic E-state index is 12.6. The highest BCUT2D eigenvalue weighted by molar-refractivity contribution is 7.89. The van der Waals surface area contributed by atoms with Crippen molar-refractivity contribution in [2.24, 2.45) is 0 Å². The van der Waals surface area contributed by atoms with Crippen molar-refractivity contribution in [2.75, 3.05) is 31.6 Å². The van der Waals surface area contributed by atoms with E-state index < -0.39 is 10.0 Å². The topological polar surface area (TPSA) is 88.8 Å². The monoisotopic (exact) mass is 407 g/mol. The van der Waals surface area contributed by atoms with E-state index in [2.05, 4.69) is 15.3 Å². The summed E-state index contributed by atoms with van der Waals surface area (Å²) in [6.45, 7) is 2.01. The molecular weight excluding hydrogens is 390 g/mol. The Morgan fingerprint density at radius 2 is 1.96 bits per heavy atom. The number of anilines is 1. The summed E-state index contributed by atoms with van der Waals surface area (Å²) in [5.74, 6) is 0.575. The van der Waals surface area contributed by atoms with Crippen molar-refractivity contribution in [2.45, 2.75) is 11.4 Å². The highest BCUT2D eigenvalue weighted by atomic mass is 35.5. The van der Waals surface area contributed by atoms with E-state index in [0.717, 1.165) is 11.3 Å². The lowest BCUT2D eigenvalue weighted by Gasteiger charge is -2.25. The van der Waals surface area contributed by atoms with Gasteiger partial charge in [-0.2, -0.15) is 4.31 Å². The molecule has 0 aromatic carbocycles. The maximum absolute atomic E-state index is 12.6. The van der Waals surface area contributed by atoms with Gasteiger partial charge < -0.3 is 14.5 Å². The molecule has 0 unspecified atom stereocenters. The zero-order chi connectivity index (χ0) is 18.9. The fourth-order valence-corrected chi connectivity index (χ4v) is 4.38. The number of ether oxygens (including phenoxy) is 1. The molecule has 0 saturated carbocycles. The Morgan fingerprint density at radius 3 is 2.70 bits per heavy atom. The minimum atomic E-state index is -3.53. The van der Waals surface area contributed by atoms with Crippen molar-refractivity contribution >= 4 is 33.1 Å². The Morgan fingerprint density at radius 1 is 1.15 bits per heavy atom. The number of hydrogen-bond donors (Lipinski definition) is 1. The van der Waals surface area contributed by atoms with Crippen LogP contribution >= 0.6 is 11.6 Å². The van der Waals surface area contributed by atoms with Crippen molar-refractivity contribution in [3.63, 3.8) is 0 Å². The van der Waals surface area contributed by atoms with Gasteiger partial charge in [0.25, 0.3) is 0 Å². The first kappa shape index (κ1) is 18.2. The molecule has 1 fully saturated rings. The summed E-state index contributed by atoms with van der Waals surface area (Å²) >= 11 is 5.97. The van der Waals surface area contributed by atoms with Gasteiger partial charge in [0.1, 0.15) is 16.4 Å². The smallest absolute Gasteiger partial charge is 0.244 e. The molecule has 0 atom stereocenters. The molecule has 1 N–H and O–H groups in total. The lowest BCUT2D eigenvalue weighted by molar-refractivity contribution is 0.0730. The molecule has 3 aromatic heterocycles. The minimum Gasteiger partial charge on any atom is -0.379 e. The standard InChI is InChI=1S/C17H18ClN5O3S/c18-13-1-4-17-21-14(12-22(17)11-13)9-19-16-3-2-15(10-20-16)27(24,25)23-5-7-26-8-6-23/h1-4,10-12H,5-9H2,(H,19,20). The van der Waals surface area contributed by atoms with E-state index in [4.69, 9.17) is 16.3 Å². The van der Waals surface area contributed by atoms with E-state index in [1.165, 1.54) is 10.5 Å². The molecule has 3 aromatic rings. The predicted molar refractivity (Wildman–Crippen MR) is 101 cm³/mol. The number of fused-ring (bicyclic) bond motifs is 1. The number of aromatic nitrogens is 3. The largest absolute Gasteiger partial charge is 0.379 e. The van der Waals surface area contributed by atoms with Crippen molar-refractivity contribution in [1.29, 1.82) is 0 Å². The normalized spacial score (nSPS) is 15.9. The molecule has 0 spiro atoms. The van der Waals surface area contributed by atoms with Crippen LogP contribution in [-0.4, -0.2) is 53.4 Å². The second-order valence-electron chi connectivity index (χ2n) is 6.09. The highest BCUT2D eigenvalue weighted by Gasteiger charge is 2.26. The summed E-state index contributed by atoms with van der Waals surface area (Å²) in [5, 5.41) is 3.78. The number of nitrogens with one attached hydrogen (secondary N) is 1. The number of nitrogens with zero attached hydrogens (tertiary/aromatic N) is 4. The molecule has 142 valence electrons. The molecule has 0 amide bonds. The molecule has 1 aliphatic heterocycles. The molecule has 0 radical (unpaired) electrons. The molecule has 8 nitrogen and oxygen atoms in total. The van der Waals surface area contributed by atoms with Gasteiger partial charge in [0.15, 0.2) is 0 Å². The van der Waals surface area contributed by atoms with Crippen LogP contribution in [0.3, 0.4) is 0 Å². The highest BCUT2D eigenvalue weighted by Crippen LogP contribution is 2.18. The summed E-state index contributed by atoms with van der Waals surface area (Å²) in [4.78, 5) is 8.88. The number of rotatable bonds is 5. The van der Waals surface area contributed by atoms with Crippen LogP contribution in [0.1, 0.15) is 5.69 Å². The van der Waals surface area contributed by atoms with Crippen LogP contribution in [0.4, 0.5) is 5.82 Å². The number of halogens is 1. The second-order valence-corrected chi connectivity index (χ2v) is 8.47. The second kappa shape index (κ2) is 7.43. The third-order valence-corrected chi connectivity index (χ3v) is 6.37. The first-order valence-corrected chi connectivity index (χ1v) is 10.3. The molecule has 10 heteroatoms. The van der Waals surface area contributed by atoms with E-state index in [1.54, 1.807) is 24.4 Å². The van der Waals surface area contributed by atoms with Crippen LogP contribution in [0.15, 0.2) is 47.8 Å². The first-order valence-electron chi connectivity index (χ1n) is 8.43. The number of imidazole rings is 1. The maximum Gasteiger partial charge on any atom is 0.244 e. The Balaban J connectivity index is 1.44. The molecule has 1 saturated heterocycles. The van der Waals surface area contributed by atoms with Crippen molar-refractivity contribution < 1.29 is 13.2 Å². The third kappa shape index (κ3) is 3.91. The first-order chi connectivity index (χ1) is 13.0. The van der Waals surface area contributed by atoms with Crippen molar-refractivity contribution in [1.82, 2.24) is 18.7 Å². The number of sulfonamides is 1. The molecular formula is C17H18ClN5O3S. The van der Waals surface area contributed by atoms with Crippen LogP contribution < -0.4 is 5.32 Å². The fraction of sp³-hybridized carbons (Fsp3) is 0.294. The van der Waals surface area contributed by atoms with E-state index in [1.807, 2.05) is 16.7 Å². The van der Waals surface area contributed by atoms with E-state index in [-0.39, 0.29) is 4.90 Å². The molecule has 1 aliphatic rings. The van der Waals surface area contributed by atoms with Gasteiger partial charge in [-0.05, 0) is 24.3 Å². The Labute approximate surface area is 161 Å². The quantitative estimate of drug-likeness (QED) is 0.696. The summed E-state index contributed by atoms with van der Waals surface area (Å²) in [5.41, 5.74) is 1.63. The lowest BCUT2D eigenvalue weighted by Crippen LogP contribution is -2.40. The van der Waals surface area contributed by atoms with Crippen LogP contribution in [-0.2, 0) is 21.3 Å². The van der Waals surface area contributed by atoms with Crippen LogP contribution in [0.2, 0.25) is 5.02 Å². The van der Waals surface area contributed by atoms with Gasteiger partial charge in [0.05, 0.1) is 30.5 Å². The van der Waals surface area contributed by atoms with Crippen LogP contribution in [0.25, 0.3) is 5.65 Å². The van der Waals surface area contributed by atoms with Crippen molar-refractivity contribution in [3.05, 3.63) is 53.6 Å².